The molecule has 2 aromatic rings. The number of amides is 2. The molecule has 0 aliphatic carbocycles. The molecule has 1 N–H and O–H groups in total. The molecule has 2 amide bonds. The lowest BCUT2D eigenvalue weighted by atomic mass is 9.85. The average Bonchev–Trinajstić information content (AvgIpc) is 2.85. The van der Waals surface area contributed by atoms with Crippen molar-refractivity contribution in [3.05, 3.63) is 65.0 Å². The van der Waals surface area contributed by atoms with Crippen LogP contribution in [0.25, 0.3) is 0 Å². The van der Waals surface area contributed by atoms with Crippen molar-refractivity contribution < 1.29 is 18.7 Å². The molecule has 3 unspecified atom stereocenters. The van der Waals surface area contributed by atoms with Gasteiger partial charge in [-0.1, -0.05) is 45.9 Å². The number of benzene rings is 2. The van der Waals surface area contributed by atoms with E-state index in [1.807, 2.05) is 55.7 Å². The van der Waals surface area contributed by atoms with E-state index in [-0.39, 0.29) is 29.7 Å². The van der Waals surface area contributed by atoms with Gasteiger partial charge in [-0.15, -0.1) is 0 Å². The standard InChI is InChI=1S/C29H38FN3O3/c1-6-25(27(34)32-16-14-31-19(2)18-32)36-23-12-9-20-13-15-33(28(35)29(3,4)5)26(24(20)17-23)21-7-10-22(30)11-8-21/h7-12,17,19,25-26,31H,6,13-16,18H2,1-5H3. The predicted octanol–water partition coefficient (Wildman–Crippen LogP) is 4.32. The topological polar surface area (TPSA) is 61.9 Å². The van der Waals surface area contributed by atoms with E-state index in [0.29, 0.717) is 31.8 Å². The Hall–Kier alpha value is -2.93. The fraction of sp³-hybridized carbons (Fsp3) is 0.517. The molecule has 2 aliphatic heterocycles. The van der Waals surface area contributed by atoms with E-state index in [0.717, 1.165) is 29.7 Å². The van der Waals surface area contributed by atoms with Gasteiger partial charge < -0.3 is 19.9 Å². The van der Waals surface area contributed by atoms with E-state index in [1.54, 1.807) is 12.1 Å². The molecule has 0 aromatic heterocycles. The maximum Gasteiger partial charge on any atom is 0.263 e. The van der Waals surface area contributed by atoms with Gasteiger partial charge in [0.05, 0.1) is 6.04 Å². The van der Waals surface area contributed by atoms with Gasteiger partial charge in [-0.05, 0) is 60.7 Å². The highest BCUT2D eigenvalue weighted by molar-refractivity contribution is 5.83. The summed E-state index contributed by atoms with van der Waals surface area (Å²) in [6, 6.07) is 12.2. The normalized spacial score (nSPS) is 21.1. The van der Waals surface area contributed by atoms with Crippen molar-refractivity contribution in [2.75, 3.05) is 26.2 Å². The molecule has 0 saturated carbocycles. The Labute approximate surface area is 213 Å². The molecular formula is C29H38FN3O3. The number of rotatable bonds is 5. The summed E-state index contributed by atoms with van der Waals surface area (Å²) < 4.78 is 20.0. The number of carbonyl (C=O) groups is 2. The van der Waals surface area contributed by atoms with Crippen LogP contribution in [0.15, 0.2) is 42.5 Å². The van der Waals surface area contributed by atoms with E-state index >= 15 is 0 Å². The highest BCUT2D eigenvalue weighted by atomic mass is 19.1. The van der Waals surface area contributed by atoms with Crippen LogP contribution in [0.5, 0.6) is 5.75 Å². The molecule has 0 spiro atoms. The molecule has 6 nitrogen and oxygen atoms in total. The number of piperazine rings is 1. The second kappa shape index (κ2) is 10.6. The van der Waals surface area contributed by atoms with Crippen LogP contribution in [0.1, 0.15) is 63.8 Å². The number of halogens is 1. The van der Waals surface area contributed by atoms with Gasteiger partial charge in [-0.25, -0.2) is 4.39 Å². The first-order chi connectivity index (χ1) is 17.1. The zero-order chi connectivity index (χ0) is 26.0. The van der Waals surface area contributed by atoms with E-state index in [2.05, 4.69) is 12.2 Å². The Morgan fingerprint density at radius 2 is 1.86 bits per heavy atom. The summed E-state index contributed by atoms with van der Waals surface area (Å²) in [7, 11) is 0. The number of ether oxygens (including phenoxy) is 1. The molecule has 3 atom stereocenters. The van der Waals surface area contributed by atoms with E-state index < -0.39 is 11.5 Å². The number of carbonyl (C=O) groups excluding carboxylic acids is 2. The first-order valence-electron chi connectivity index (χ1n) is 13.0. The van der Waals surface area contributed by atoms with E-state index in [4.69, 9.17) is 4.74 Å². The molecule has 36 heavy (non-hydrogen) atoms. The van der Waals surface area contributed by atoms with Crippen LogP contribution in [0, 0.1) is 11.2 Å². The Bertz CT molecular complexity index is 1100. The van der Waals surface area contributed by atoms with E-state index in [9.17, 15) is 14.0 Å². The third-order valence-corrected chi connectivity index (χ3v) is 7.04. The Morgan fingerprint density at radius 3 is 2.50 bits per heavy atom. The second-order valence-corrected chi connectivity index (χ2v) is 11.0. The lowest BCUT2D eigenvalue weighted by Crippen LogP contribution is -2.54. The van der Waals surface area contributed by atoms with Gasteiger partial charge in [0.15, 0.2) is 6.10 Å². The molecule has 1 saturated heterocycles. The maximum atomic E-state index is 13.8. The summed E-state index contributed by atoms with van der Waals surface area (Å²) in [6.45, 7) is 12.5. The van der Waals surface area contributed by atoms with Crippen molar-refractivity contribution in [2.24, 2.45) is 5.41 Å². The van der Waals surface area contributed by atoms with Crippen LogP contribution in [-0.4, -0.2) is 59.9 Å². The van der Waals surface area contributed by atoms with Gasteiger partial charge in [-0.2, -0.15) is 0 Å². The van der Waals surface area contributed by atoms with Crippen molar-refractivity contribution in [2.45, 2.75) is 65.6 Å². The minimum absolute atomic E-state index is 0.00296. The van der Waals surface area contributed by atoms with Gasteiger partial charge >= 0.3 is 0 Å². The van der Waals surface area contributed by atoms with Gasteiger partial charge in [0.25, 0.3) is 5.91 Å². The van der Waals surface area contributed by atoms with Crippen molar-refractivity contribution in [1.29, 1.82) is 0 Å². The zero-order valence-corrected chi connectivity index (χ0v) is 22.0. The number of nitrogens with zero attached hydrogens (tertiary/aromatic N) is 2. The van der Waals surface area contributed by atoms with Gasteiger partial charge in [0.1, 0.15) is 11.6 Å². The molecule has 0 bridgehead atoms. The number of hydrogen-bond acceptors (Lipinski definition) is 4. The lowest BCUT2D eigenvalue weighted by molar-refractivity contribution is -0.141. The molecule has 7 heteroatoms. The first kappa shape index (κ1) is 26.1. The molecule has 2 aliphatic rings. The Morgan fingerprint density at radius 1 is 1.14 bits per heavy atom. The third kappa shape index (κ3) is 5.56. The van der Waals surface area contributed by atoms with Gasteiger partial charge in [-0.3, -0.25) is 9.59 Å². The average molecular weight is 496 g/mol. The smallest absolute Gasteiger partial charge is 0.263 e. The molecule has 2 aromatic carbocycles. The van der Waals surface area contributed by atoms with Crippen LogP contribution in [0.2, 0.25) is 0 Å². The SMILES string of the molecule is CCC(Oc1ccc2c(c1)C(c1ccc(F)cc1)N(C(=O)C(C)(C)C)CC2)C(=O)N1CCNC(C)C1. The minimum atomic E-state index is -0.575. The van der Waals surface area contributed by atoms with Crippen LogP contribution in [-0.2, 0) is 16.0 Å². The molecule has 194 valence electrons. The number of hydrogen-bond donors (Lipinski definition) is 1. The quantitative estimate of drug-likeness (QED) is 0.671. The first-order valence-corrected chi connectivity index (χ1v) is 13.0. The van der Waals surface area contributed by atoms with Crippen LogP contribution in [0.3, 0.4) is 0 Å². The molecular weight excluding hydrogens is 457 g/mol. The van der Waals surface area contributed by atoms with Crippen molar-refractivity contribution in [1.82, 2.24) is 15.1 Å². The van der Waals surface area contributed by atoms with Gasteiger partial charge in [0.2, 0.25) is 5.91 Å². The predicted molar refractivity (Wildman–Crippen MR) is 138 cm³/mol. The van der Waals surface area contributed by atoms with Gasteiger partial charge in [0, 0.05) is 37.6 Å². The number of fused-ring (bicyclic) bond motifs is 1. The number of nitrogens with one attached hydrogen (secondary N) is 1. The molecule has 0 radical (unpaired) electrons. The summed E-state index contributed by atoms with van der Waals surface area (Å²) in [6.07, 6.45) is 0.710. The monoisotopic (exact) mass is 495 g/mol. The zero-order valence-electron chi connectivity index (χ0n) is 22.0. The van der Waals surface area contributed by atoms with Crippen molar-refractivity contribution in [3.8, 4) is 5.75 Å². The molecule has 4 rings (SSSR count). The largest absolute Gasteiger partial charge is 0.481 e. The summed E-state index contributed by atoms with van der Waals surface area (Å²) >= 11 is 0. The van der Waals surface area contributed by atoms with Crippen molar-refractivity contribution >= 4 is 11.8 Å². The van der Waals surface area contributed by atoms with Crippen LogP contribution < -0.4 is 10.1 Å². The van der Waals surface area contributed by atoms with Crippen LogP contribution in [0.4, 0.5) is 4.39 Å². The van der Waals surface area contributed by atoms with E-state index in [1.165, 1.54) is 12.1 Å². The fourth-order valence-electron chi connectivity index (χ4n) is 5.13. The lowest BCUT2D eigenvalue weighted by Gasteiger charge is -2.41. The summed E-state index contributed by atoms with van der Waals surface area (Å²) in [5, 5.41) is 3.36. The molecule has 1 fully saturated rings. The Balaban J connectivity index is 1.66. The maximum absolute atomic E-state index is 13.8. The summed E-state index contributed by atoms with van der Waals surface area (Å²) in [4.78, 5) is 30.4. The minimum Gasteiger partial charge on any atom is -0.481 e. The summed E-state index contributed by atoms with van der Waals surface area (Å²) in [5.74, 6) is 0.341. The highest BCUT2D eigenvalue weighted by Crippen LogP contribution is 2.39. The molecule has 2 heterocycles. The summed E-state index contributed by atoms with van der Waals surface area (Å²) in [5.41, 5.74) is 2.39. The third-order valence-electron chi connectivity index (χ3n) is 7.04. The Kier molecular flexibility index (Phi) is 7.69. The second-order valence-electron chi connectivity index (χ2n) is 11.0. The highest BCUT2D eigenvalue weighted by Gasteiger charge is 2.37. The van der Waals surface area contributed by atoms with Crippen LogP contribution >= 0.6 is 0 Å². The fourth-order valence-corrected chi connectivity index (χ4v) is 5.13. The van der Waals surface area contributed by atoms with Crippen molar-refractivity contribution in [3.63, 3.8) is 0 Å².